The van der Waals surface area contributed by atoms with Crippen LogP contribution in [0.25, 0.3) is 23.0 Å². The Morgan fingerprint density at radius 2 is 1.97 bits per heavy atom. The van der Waals surface area contributed by atoms with Crippen LogP contribution in [0.2, 0.25) is 0 Å². The molecule has 0 saturated heterocycles. The molecule has 0 amide bonds. The molecule has 0 bridgehead atoms. The highest BCUT2D eigenvalue weighted by atomic mass is 19.1. The average Bonchev–Trinajstić information content (AvgIpc) is 3.42. The second kappa shape index (κ2) is 7.43. The Morgan fingerprint density at radius 3 is 2.70 bits per heavy atom. The number of halogens is 2. The SMILES string of the molecule is CC[C@@H]1c2nncn2-c2c(C)nc(-n3ccnc3-c3ccc(F)cc3F)nc2N1C1CCC1. The molecular weight excluding hydrogens is 426 g/mol. The van der Waals surface area contributed by atoms with Crippen molar-refractivity contribution in [3.8, 4) is 23.0 Å². The highest BCUT2D eigenvalue weighted by Gasteiger charge is 2.40. The van der Waals surface area contributed by atoms with Crippen molar-refractivity contribution in [1.29, 1.82) is 0 Å². The molecule has 1 aliphatic heterocycles. The van der Waals surface area contributed by atoms with Crippen molar-refractivity contribution in [3.05, 3.63) is 60.1 Å². The van der Waals surface area contributed by atoms with E-state index in [4.69, 9.17) is 9.97 Å². The van der Waals surface area contributed by atoms with E-state index in [2.05, 4.69) is 27.0 Å². The predicted molar refractivity (Wildman–Crippen MR) is 117 cm³/mol. The first-order chi connectivity index (χ1) is 16.1. The van der Waals surface area contributed by atoms with Crippen LogP contribution in [-0.4, -0.2) is 40.3 Å². The molecule has 1 aromatic carbocycles. The summed E-state index contributed by atoms with van der Waals surface area (Å²) in [5, 5.41) is 8.58. The van der Waals surface area contributed by atoms with E-state index in [1.165, 1.54) is 18.6 Å². The van der Waals surface area contributed by atoms with E-state index in [-0.39, 0.29) is 11.6 Å². The molecule has 1 fully saturated rings. The van der Waals surface area contributed by atoms with Gasteiger partial charge in [0.1, 0.15) is 29.5 Å². The highest BCUT2D eigenvalue weighted by Crippen LogP contribution is 2.44. The van der Waals surface area contributed by atoms with E-state index in [0.29, 0.717) is 17.8 Å². The first-order valence-electron chi connectivity index (χ1n) is 11.1. The molecule has 8 nitrogen and oxygen atoms in total. The predicted octanol–water partition coefficient (Wildman–Crippen LogP) is 4.32. The van der Waals surface area contributed by atoms with Crippen LogP contribution in [0.4, 0.5) is 14.6 Å². The smallest absolute Gasteiger partial charge is 0.237 e. The van der Waals surface area contributed by atoms with Gasteiger partial charge in [-0.1, -0.05) is 6.92 Å². The van der Waals surface area contributed by atoms with Crippen LogP contribution < -0.4 is 4.90 Å². The molecule has 4 heterocycles. The van der Waals surface area contributed by atoms with E-state index >= 15 is 0 Å². The van der Waals surface area contributed by atoms with Crippen LogP contribution in [0.1, 0.15) is 50.2 Å². The van der Waals surface area contributed by atoms with Crippen LogP contribution >= 0.6 is 0 Å². The number of aryl methyl sites for hydroxylation is 1. The van der Waals surface area contributed by atoms with Crippen molar-refractivity contribution in [2.45, 2.75) is 51.6 Å². The maximum absolute atomic E-state index is 14.6. The molecule has 2 aliphatic rings. The molecule has 1 saturated carbocycles. The summed E-state index contributed by atoms with van der Waals surface area (Å²) in [4.78, 5) is 16.4. The number of anilines is 1. The highest BCUT2D eigenvalue weighted by molar-refractivity contribution is 5.66. The molecule has 33 heavy (non-hydrogen) atoms. The summed E-state index contributed by atoms with van der Waals surface area (Å²) in [5.74, 6) is 1.09. The lowest BCUT2D eigenvalue weighted by Crippen LogP contribution is -2.46. The van der Waals surface area contributed by atoms with Gasteiger partial charge >= 0.3 is 0 Å². The first-order valence-corrected chi connectivity index (χ1v) is 11.1. The monoisotopic (exact) mass is 448 g/mol. The summed E-state index contributed by atoms with van der Waals surface area (Å²) in [6.45, 7) is 4.06. The zero-order chi connectivity index (χ0) is 22.7. The molecule has 0 radical (unpaired) electrons. The third-order valence-electron chi connectivity index (χ3n) is 6.60. The molecule has 1 aliphatic carbocycles. The summed E-state index contributed by atoms with van der Waals surface area (Å²) in [7, 11) is 0. The van der Waals surface area contributed by atoms with Gasteiger partial charge in [0.05, 0.1) is 17.3 Å². The number of rotatable bonds is 4. The molecule has 10 heteroatoms. The lowest BCUT2D eigenvalue weighted by Gasteiger charge is -2.45. The lowest BCUT2D eigenvalue weighted by molar-refractivity contribution is 0.341. The van der Waals surface area contributed by atoms with E-state index < -0.39 is 11.6 Å². The van der Waals surface area contributed by atoms with Crippen LogP contribution in [0.5, 0.6) is 0 Å². The average molecular weight is 448 g/mol. The standard InChI is InChI=1S/C23H22F2N8/c1-3-18-21-30-27-12-32(21)19-13(2)28-23(29-22(19)33(18)15-5-4-6-15)31-10-9-26-20(31)16-8-7-14(24)11-17(16)25/h7-12,15,18H,3-6H2,1-2H3/t18-/m1/s1. The second-order valence-corrected chi connectivity index (χ2v) is 8.50. The molecular formula is C23H22F2N8. The normalized spacial score (nSPS) is 17.6. The van der Waals surface area contributed by atoms with Gasteiger partial charge < -0.3 is 4.90 Å². The number of aromatic nitrogens is 7. The Bertz CT molecular complexity index is 1360. The maximum Gasteiger partial charge on any atom is 0.237 e. The summed E-state index contributed by atoms with van der Waals surface area (Å²) in [5.41, 5.74) is 1.81. The minimum atomic E-state index is -0.687. The Labute approximate surface area is 189 Å². The van der Waals surface area contributed by atoms with Crippen molar-refractivity contribution in [2.75, 3.05) is 4.90 Å². The summed E-state index contributed by atoms with van der Waals surface area (Å²) in [6, 6.07) is 3.88. The van der Waals surface area contributed by atoms with Crippen LogP contribution in [0.3, 0.4) is 0 Å². The molecule has 168 valence electrons. The molecule has 1 atom stereocenters. The first kappa shape index (κ1) is 20.0. The number of benzene rings is 1. The molecule has 3 aromatic heterocycles. The Hall–Kier alpha value is -3.69. The van der Waals surface area contributed by atoms with Gasteiger partial charge in [-0.2, -0.15) is 4.98 Å². The quantitative estimate of drug-likeness (QED) is 0.463. The number of fused-ring (bicyclic) bond motifs is 3. The van der Waals surface area contributed by atoms with Gasteiger partial charge in [0.2, 0.25) is 5.95 Å². The lowest BCUT2D eigenvalue weighted by atomic mass is 9.89. The van der Waals surface area contributed by atoms with Crippen molar-refractivity contribution in [1.82, 2.24) is 34.3 Å². The van der Waals surface area contributed by atoms with Crippen molar-refractivity contribution < 1.29 is 8.78 Å². The zero-order valence-corrected chi connectivity index (χ0v) is 18.3. The van der Waals surface area contributed by atoms with Gasteiger partial charge in [0, 0.05) is 24.5 Å². The van der Waals surface area contributed by atoms with E-state index in [1.807, 2.05) is 11.5 Å². The molecule has 0 unspecified atom stereocenters. The summed E-state index contributed by atoms with van der Waals surface area (Å²) >= 11 is 0. The van der Waals surface area contributed by atoms with Crippen molar-refractivity contribution >= 4 is 5.82 Å². The number of imidazole rings is 1. The van der Waals surface area contributed by atoms with E-state index in [1.54, 1.807) is 23.3 Å². The van der Waals surface area contributed by atoms with Crippen LogP contribution in [-0.2, 0) is 0 Å². The van der Waals surface area contributed by atoms with Gasteiger partial charge in [0.25, 0.3) is 0 Å². The van der Waals surface area contributed by atoms with E-state index in [0.717, 1.165) is 48.4 Å². The topological polar surface area (TPSA) is 77.5 Å². The van der Waals surface area contributed by atoms with Crippen molar-refractivity contribution in [2.24, 2.45) is 0 Å². The molecule has 6 rings (SSSR count). The maximum atomic E-state index is 14.6. The van der Waals surface area contributed by atoms with Crippen molar-refractivity contribution in [3.63, 3.8) is 0 Å². The van der Waals surface area contributed by atoms with Crippen LogP contribution in [0, 0.1) is 18.6 Å². The summed E-state index contributed by atoms with van der Waals surface area (Å²) in [6.07, 6.45) is 9.21. The minimum absolute atomic E-state index is 0.0595. The Balaban J connectivity index is 1.55. The molecule has 4 aromatic rings. The molecule has 0 spiro atoms. The second-order valence-electron chi connectivity index (χ2n) is 8.50. The largest absolute Gasteiger partial charge is 0.341 e. The fraction of sp³-hybridized carbons (Fsp3) is 0.348. The van der Waals surface area contributed by atoms with Gasteiger partial charge in [-0.3, -0.25) is 9.13 Å². The van der Waals surface area contributed by atoms with Gasteiger partial charge in [-0.25, -0.2) is 18.7 Å². The van der Waals surface area contributed by atoms with Gasteiger partial charge in [0.15, 0.2) is 11.6 Å². The number of hydrogen-bond acceptors (Lipinski definition) is 6. The Kier molecular flexibility index (Phi) is 4.49. The fourth-order valence-corrected chi connectivity index (χ4v) is 4.83. The fourth-order valence-electron chi connectivity index (χ4n) is 4.83. The van der Waals surface area contributed by atoms with E-state index in [9.17, 15) is 8.78 Å². The zero-order valence-electron chi connectivity index (χ0n) is 18.3. The Morgan fingerprint density at radius 1 is 1.12 bits per heavy atom. The minimum Gasteiger partial charge on any atom is -0.341 e. The third-order valence-corrected chi connectivity index (χ3v) is 6.60. The number of hydrogen-bond donors (Lipinski definition) is 0. The molecule has 0 N–H and O–H groups in total. The summed E-state index contributed by atoms with van der Waals surface area (Å²) < 4.78 is 31.6. The van der Waals surface area contributed by atoms with Gasteiger partial charge in [-0.05, 0) is 44.7 Å². The third kappa shape index (κ3) is 2.96. The van der Waals surface area contributed by atoms with Crippen LogP contribution in [0.15, 0.2) is 36.9 Å². The number of nitrogens with zero attached hydrogens (tertiary/aromatic N) is 8. The van der Waals surface area contributed by atoms with Gasteiger partial charge in [-0.15, -0.1) is 10.2 Å².